The number of carbonyl (C=O) groups excluding carboxylic acids is 1. The highest BCUT2D eigenvalue weighted by Gasteiger charge is 2.27. The minimum absolute atomic E-state index is 0.00201. The summed E-state index contributed by atoms with van der Waals surface area (Å²) in [6.45, 7) is 1.69. The summed E-state index contributed by atoms with van der Waals surface area (Å²) in [6, 6.07) is 14.4. The van der Waals surface area contributed by atoms with Gasteiger partial charge in [-0.15, -0.1) is 0 Å². The van der Waals surface area contributed by atoms with E-state index in [1.165, 1.54) is 25.3 Å². The highest BCUT2D eigenvalue weighted by atomic mass is 32.2. The molecule has 9 heteroatoms. The molecule has 0 radical (unpaired) electrons. The van der Waals surface area contributed by atoms with Gasteiger partial charge in [0.05, 0.1) is 17.7 Å². The van der Waals surface area contributed by atoms with Crippen LogP contribution in [0.3, 0.4) is 0 Å². The molecule has 0 unspecified atom stereocenters. The third kappa shape index (κ3) is 5.68. The molecule has 0 bridgehead atoms. The van der Waals surface area contributed by atoms with Gasteiger partial charge in [0, 0.05) is 6.07 Å². The molecule has 0 heterocycles. The summed E-state index contributed by atoms with van der Waals surface area (Å²) in [7, 11) is -2.64. The third-order valence-corrected chi connectivity index (χ3v) is 6.23. The molecule has 32 heavy (non-hydrogen) atoms. The Kier molecular flexibility index (Phi) is 7.22. The Hall–Kier alpha value is -3.30. The lowest BCUT2D eigenvalue weighted by molar-refractivity contribution is -0.117. The van der Waals surface area contributed by atoms with E-state index in [1.807, 2.05) is 0 Å². The van der Waals surface area contributed by atoms with Gasteiger partial charge in [-0.1, -0.05) is 30.3 Å². The maximum Gasteiger partial charge on any atom is 0.242 e. The van der Waals surface area contributed by atoms with Crippen LogP contribution in [0.4, 0.5) is 14.5 Å². The number of anilines is 1. The van der Waals surface area contributed by atoms with Gasteiger partial charge in [0.25, 0.3) is 0 Å². The number of carbonyl (C=O) groups is 1. The molecule has 0 aliphatic rings. The van der Waals surface area contributed by atoms with E-state index in [-0.39, 0.29) is 17.0 Å². The Morgan fingerprint density at radius 1 is 1.03 bits per heavy atom. The first-order valence-electron chi connectivity index (χ1n) is 9.66. The molecule has 1 atom stereocenters. The second kappa shape index (κ2) is 9.88. The number of amides is 1. The van der Waals surface area contributed by atoms with Crippen LogP contribution < -0.4 is 14.8 Å². The highest BCUT2D eigenvalue weighted by Crippen LogP contribution is 2.22. The van der Waals surface area contributed by atoms with Crippen LogP contribution in [0.2, 0.25) is 0 Å². The molecule has 3 aromatic rings. The normalized spacial score (nSPS) is 12.2. The standard InChI is InChI=1S/C23H22F2N2O4S/c1-15-12-18(9-11-22(15)31-2)32(29,30)27-21(13-16-6-4-3-5-7-16)23(28)26-20-14-17(24)8-10-19(20)25/h3-12,14,21,27H,13H2,1-2H3,(H,26,28)/t21-/m1/s1. The first-order chi connectivity index (χ1) is 15.2. The van der Waals surface area contributed by atoms with E-state index in [2.05, 4.69) is 10.0 Å². The first-order valence-corrected chi connectivity index (χ1v) is 11.1. The summed E-state index contributed by atoms with van der Waals surface area (Å²) >= 11 is 0. The van der Waals surface area contributed by atoms with Gasteiger partial charge in [0.1, 0.15) is 23.4 Å². The minimum Gasteiger partial charge on any atom is -0.496 e. The lowest BCUT2D eigenvalue weighted by atomic mass is 10.1. The van der Waals surface area contributed by atoms with Gasteiger partial charge >= 0.3 is 0 Å². The van der Waals surface area contributed by atoms with Crippen LogP contribution in [-0.4, -0.2) is 27.5 Å². The van der Waals surface area contributed by atoms with E-state index in [4.69, 9.17) is 4.74 Å². The van der Waals surface area contributed by atoms with Gasteiger partial charge in [-0.2, -0.15) is 4.72 Å². The molecule has 1 amide bonds. The zero-order valence-corrected chi connectivity index (χ0v) is 18.2. The zero-order chi connectivity index (χ0) is 23.3. The second-order valence-corrected chi connectivity index (χ2v) is 8.82. The molecule has 3 rings (SSSR count). The van der Waals surface area contributed by atoms with Crippen LogP contribution in [0.5, 0.6) is 5.75 Å². The Labute approximate surface area is 185 Å². The Morgan fingerprint density at radius 3 is 2.41 bits per heavy atom. The maximum absolute atomic E-state index is 14.0. The predicted molar refractivity (Wildman–Crippen MR) is 117 cm³/mol. The molecule has 0 saturated carbocycles. The molecule has 2 N–H and O–H groups in total. The van der Waals surface area contributed by atoms with Crippen molar-refractivity contribution in [2.45, 2.75) is 24.3 Å². The number of rotatable bonds is 8. The molecule has 0 spiro atoms. The summed E-state index contributed by atoms with van der Waals surface area (Å²) in [5.74, 6) is -1.89. The molecule has 0 saturated heterocycles. The highest BCUT2D eigenvalue weighted by molar-refractivity contribution is 7.89. The van der Waals surface area contributed by atoms with E-state index in [0.717, 1.165) is 18.2 Å². The van der Waals surface area contributed by atoms with Gasteiger partial charge in [0.15, 0.2) is 0 Å². The van der Waals surface area contributed by atoms with E-state index in [9.17, 15) is 22.0 Å². The maximum atomic E-state index is 14.0. The van der Waals surface area contributed by atoms with Crippen LogP contribution in [0.1, 0.15) is 11.1 Å². The molecule has 0 aliphatic carbocycles. The van der Waals surface area contributed by atoms with Crippen LogP contribution in [0.15, 0.2) is 71.6 Å². The van der Waals surface area contributed by atoms with Crippen LogP contribution in [0.25, 0.3) is 0 Å². The molecular formula is C23H22F2N2O4S. The lowest BCUT2D eigenvalue weighted by Crippen LogP contribution is -2.45. The molecule has 0 aromatic heterocycles. The Morgan fingerprint density at radius 2 is 1.75 bits per heavy atom. The first kappa shape index (κ1) is 23.4. The number of nitrogens with one attached hydrogen (secondary N) is 2. The smallest absolute Gasteiger partial charge is 0.242 e. The Bertz CT molecular complexity index is 1220. The minimum atomic E-state index is -4.12. The fraction of sp³-hybridized carbons (Fsp3) is 0.174. The van der Waals surface area contributed by atoms with Crippen LogP contribution in [0, 0.1) is 18.6 Å². The van der Waals surface area contributed by atoms with Gasteiger partial charge in [-0.25, -0.2) is 17.2 Å². The van der Waals surface area contributed by atoms with Crippen LogP contribution in [-0.2, 0) is 21.2 Å². The van der Waals surface area contributed by atoms with Crippen molar-refractivity contribution in [3.05, 3.63) is 89.5 Å². The van der Waals surface area contributed by atoms with Crippen LogP contribution >= 0.6 is 0 Å². The van der Waals surface area contributed by atoms with Crippen molar-refractivity contribution in [3.63, 3.8) is 0 Å². The average Bonchev–Trinajstić information content (AvgIpc) is 2.76. The third-order valence-electron chi connectivity index (χ3n) is 4.76. The SMILES string of the molecule is COc1ccc(S(=O)(=O)N[C@H](Cc2ccccc2)C(=O)Nc2cc(F)ccc2F)cc1C. The Balaban J connectivity index is 1.90. The quantitative estimate of drug-likeness (QED) is 0.536. The summed E-state index contributed by atoms with van der Waals surface area (Å²) in [5, 5.41) is 2.27. The fourth-order valence-corrected chi connectivity index (χ4v) is 4.40. The van der Waals surface area contributed by atoms with Crippen molar-refractivity contribution in [3.8, 4) is 5.75 Å². The predicted octanol–water partition coefficient (Wildman–Crippen LogP) is 3.81. The fourth-order valence-electron chi connectivity index (χ4n) is 3.12. The summed E-state index contributed by atoms with van der Waals surface area (Å²) < 4.78 is 61.0. The number of hydrogen-bond acceptors (Lipinski definition) is 4. The molecule has 0 aliphatic heterocycles. The summed E-state index contributed by atoms with van der Waals surface area (Å²) in [5.41, 5.74) is 0.898. The molecule has 168 valence electrons. The van der Waals surface area contributed by atoms with Gasteiger partial charge in [-0.05, 0) is 54.8 Å². The number of halogens is 2. The number of sulfonamides is 1. The van der Waals surface area contributed by atoms with E-state index < -0.39 is 33.6 Å². The van der Waals surface area contributed by atoms with E-state index in [1.54, 1.807) is 37.3 Å². The second-order valence-electron chi connectivity index (χ2n) is 7.11. The molecule has 3 aromatic carbocycles. The summed E-state index contributed by atoms with van der Waals surface area (Å²) in [4.78, 5) is 12.9. The number of benzene rings is 3. The van der Waals surface area contributed by atoms with Gasteiger partial charge in [-0.3, -0.25) is 4.79 Å². The topological polar surface area (TPSA) is 84.5 Å². The summed E-state index contributed by atoms with van der Waals surface area (Å²) in [6.07, 6.45) is -0.00201. The van der Waals surface area contributed by atoms with E-state index >= 15 is 0 Å². The van der Waals surface area contributed by atoms with E-state index in [0.29, 0.717) is 16.9 Å². The monoisotopic (exact) mass is 460 g/mol. The van der Waals surface area contributed by atoms with Crippen molar-refractivity contribution in [1.82, 2.24) is 4.72 Å². The largest absolute Gasteiger partial charge is 0.496 e. The van der Waals surface area contributed by atoms with Crippen molar-refractivity contribution >= 4 is 21.6 Å². The number of ether oxygens (including phenoxy) is 1. The zero-order valence-electron chi connectivity index (χ0n) is 17.4. The van der Waals surface area contributed by atoms with Gasteiger partial charge < -0.3 is 10.1 Å². The van der Waals surface area contributed by atoms with Crippen molar-refractivity contribution < 1.29 is 26.7 Å². The molecular weight excluding hydrogens is 438 g/mol. The molecule has 0 fully saturated rings. The van der Waals surface area contributed by atoms with Crippen molar-refractivity contribution in [1.29, 1.82) is 0 Å². The average molecular weight is 461 g/mol. The number of hydrogen-bond donors (Lipinski definition) is 2. The molecule has 6 nitrogen and oxygen atoms in total. The number of aryl methyl sites for hydroxylation is 1. The van der Waals surface area contributed by atoms with Crippen molar-refractivity contribution in [2.75, 3.05) is 12.4 Å². The lowest BCUT2D eigenvalue weighted by Gasteiger charge is -2.19. The van der Waals surface area contributed by atoms with Crippen molar-refractivity contribution in [2.24, 2.45) is 0 Å². The van der Waals surface area contributed by atoms with Gasteiger partial charge in [0.2, 0.25) is 15.9 Å². The number of methoxy groups -OCH3 is 1.